The minimum atomic E-state index is -1.49. The van der Waals surface area contributed by atoms with E-state index in [1.165, 1.54) is 5.57 Å². The van der Waals surface area contributed by atoms with E-state index in [9.17, 15) is 24.9 Å². The molecule has 4 saturated carbocycles. The summed E-state index contributed by atoms with van der Waals surface area (Å²) in [7, 11) is 0. The Morgan fingerprint density at radius 2 is 1.60 bits per heavy atom. The summed E-state index contributed by atoms with van der Waals surface area (Å²) in [4.78, 5) is 27.3. The molecule has 5 aliphatic carbocycles. The standard InChI is InChI=1S/C35H54O7/c1-30(2)14-16-35(29(40)42-28-27(39)26(38)22(36)19-41-28)17-15-33(6)20(21(35)18-30)8-9-24-32(5)12-11-25(37)31(3,4)23(32)10-13-34(24,33)7/h8,21-24,26-28,36,38-39H,9-19H2,1-7H3/t21-,22+,23-,24+,26-,27+,28-,32-,33+,34+,35?/m0/s1. The van der Waals surface area contributed by atoms with E-state index < -0.39 is 30.0 Å². The minimum absolute atomic E-state index is 0.0384. The average Bonchev–Trinajstić information content (AvgIpc) is 2.91. The summed E-state index contributed by atoms with van der Waals surface area (Å²) in [6.45, 7) is 16.3. The highest BCUT2D eigenvalue weighted by Gasteiger charge is 2.69. The first kappa shape index (κ1) is 30.7. The maximum absolute atomic E-state index is 14.2. The van der Waals surface area contributed by atoms with Gasteiger partial charge in [-0.2, -0.15) is 0 Å². The summed E-state index contributed by atoms with van der Waals surface area (Å²) in [5, 5.41) is 30.7. The Morgan fingerprint density at radius 1 is 0.905 bits per heavy atom. The molecule has 0 aromatic carbocycles. The number of fused-ring (bicyclic) bond motifs is 7. The highest BCUT2D eigenvalue weighted by Crippen LogP contribution is 2.75. The lowest BCUT2D eigenvalue weighted by Crippen LogP contribution is -2.65. The van der Waals surface area contributed by atoms with Crippen LogP contribution in [0.5, 0.6) is 0 Å². The smallest absolute Gasteiger partial charge is 0.315 e. The second-order valence-corrected chi connectivity index (χ2v) is 17.2. The summed E-state index contributed by atoms with van der Waals surface area (Å²) in [6.07, 6.45) is 6.05. The van der Waals surface area contributed by atoms with Crippen molar-refractivity contribution in [3.63, 3.8) is 0 Å². The molecule has 5 fully saturated rings. The van der Waals surface area contributed by atoms with Crippen LogP contribution < -0.4 is 0 Å². The number of aliphatic hydroxyl groups is 3. The first-order valence-corrected chi connectivity index (χ1v) is 16.5. The van der Waals surface area contributed by atoms with Gasteiger partial charge in [-0.25, -0.2) is 0 Å². The molecule has 236 valence electrons. The summed E-state index contributed by atoms with van der Waals surface area (Å²) in [5.74, 6) is 1.00. The molecule has 0 amide bonds. The highest BCUT2D eigenvalue weighted by atomic mass is 16.7. The van der Waals surface area contributed by atoms with Gasteiger partial charge in [-0.3, -0.25) is 9.59 Å². The number of ketones is 1. The molecule has 6 rings (SSSR count). The molecule has 1 aliphatic heterocycles. The van der Waals surface area contributed by atoms with Gasteiger partial charge in [-0.15, -0.1) is 0 Å². The summed E-state index contributed by atoms with van der Waals surface area (Å²) in [5.41, 5.74) is 0.643. The lowest BCUT2D eigenvalue weighted by Gasteiger charge is -2.70. The molecular formula is C35H54O7. The van der Waals surface area contributed by atoms with Crippen molar-refractivity contribution in [2.24, 2.45) is 50.2 Å². The third kappa shape index (κ3) is 4.04. The van der Waals surface area contributed by atoms with Crippen molar-refractivity contribution in [1.29, 1.82) is 0 Å². The van der Waals surface area contributed by atoms with Crippen LogP contribution in [-0.2, 0) is 19.1 Å². The van der Waals surface area contributed by atoms with E-state index in [0.29, 0.717) is 24.0 Å². The van der Waals surface area contributed by atoms with Gasteiger partial charge in [0.15, 0.2) is 0 Å². The second-order valence-electron chi connectivity index (χ2n) is 17.2. The predicted molar refractivity (Wildman–Crippen MR) is 158 cm³/mol. The molecule has 6 aliphatic rings. The molecular weight excluding hydrogens is 532 g/mol. The number of Topliss-reactive ketones (excluding diaryl/α,β-unsaturated/α-hetero) is 1. The van der Waals surface area contributed by atoms with Crippen LogP contribution in [0.3, 0.4) is 0 Å². The second kappa shape index (κ2) is 9.61. The molecule has 42 heavy (non-hydrogen) atoms. The summed E-state index contributed by atoms with van der Waals surface area (Å²) >= 11 is 0. The van der Waals surface area contributed by atoms with Crippen LogP contribution in [0.15, 0.2) is 11.6 Å². The van der Waals surface area contributed by atoms with Gasteiger partial charge < -0.3 is 24.8 Å². The predicted octanol–water partition coefficient (Wildman–Crippen LogP) is 5.34. The molecule has 0 spiro atoms. The van der Waals surface area contributed by atoms with Gasteiger partial charge in [0, 0.05) is 11.8 Å². The van der Waals surface area contributed by atoms with Gasteiger partial charge in [0.25, 0.3) is 0 Å². The van der Waals surface area contributed by atoms with Crippen LogP contribution in [0, 0.1) is 50.2 Å². The molecule has 7 nitrogen and oxygen atoms in total. The molecule has 7 heteroatoms. The van der Waals surface area contributed by atoms with Crippen molar-refractivity contribution in [2.75, 3.05) is 6.61 Å². The molecule has 11 atom stereocenters. The number of ether oxygens (including phenoxy) is 2. The average molecular weight is 587 g/mol. The highest BCUT2D eigenvalue weighted by molar-refractivity contribution is 5.85. The summed E-state index contributed by atoms with van der Waals surface area (Å²) < 4.78 is 11.4. The van der Waals surface area contributed by atoms with E-state index >= 15 is 0 Å². The number of hydrogen-bond acceptors (Lipinski definition) is 7. The third-order valence-electron chi connectivity index (χ3n) is 14.5. The van der Waals surface area contributed by atoms with Crippen LogP contribution in [0.2, 0.25) is 0 Å². The SMILES string of the molecule is CC1(C)CCC2(C(=O)O[C@@H]3OC[C@@H](O)[C@H](O)[C@H]3O)CC[C@]3(C)C(=CC[C@@H]4[C@@]5(C)CCC(=O)C(C)(C)[C@@H]5CC[C@]43C)[C@@H]2C1. The van der Waals surface area contributed by atoms with Crippen LogP contribution >= 0.6 is 0 Å². The number of hydrogen-bond donors (Lipinski definition) is 3. The van der Waals surface area contributed by atoms with Crippen molar-refractivity contribution in [3.05, 3.63) is 11.6 Å². The number of aliphatic hydroxyl groups excluding tert-OH is 3. The van der Waals surface area contributed by atoms with Crippen molar-refractivity contribution in [3.8, 4) is 0 Å². The Morgan fingerprint density at radius 3 is 2.31 bits per heavy atom. The maximum atomic E-state index is 14.2. The number of allylic oxidation sites excluding steroid dienone is 2. The molecule has 1 saturated heterocycles. The van der Waals surface area contributed by atoms with Gasteiger partial charge >= 0.3 is 5.97 Å². The fourth-order valence-corrected chi connectivity index (χ4v) is 11.5. The lowest BCUT2D eigenvalue weighted by atomic mass is 9.33. The zero-order valence-corrected chi connectivity index (χ0v) is 26.9. The van der Waals surface area contributed by atoms with Crippen LogP contribution in [0.4, 0.5) is 0 Å². The van der Waals surface area contributed by atoms with Gasteiger partial charge in [0.05, 0.1) is 12.0 Å². The zero-order valence-electron chi connectivity index (χ0n) is 26.9. The van der Waals surface area contributed by atoms with E-state index in [0.717, 1.165) is 57.8 Å². The van der Waals surface area contributed by atoms with Gasteiger partial charge in [0.2, 0.25) is 6.29 Å². The molecule has 0 radical (unpaired) electrons. The van der Waals surface area contributed by atoms with Crippen molar-refractivity contribution < 1.29 is 34.4 Å². The van der Waals surface area contributed by atoms with E-state index in [2.05, 4.69) is 54.5 Å². The lowest BCUT2D eigenvalue weighted by molar-refractivity contribution is -0.270. The van der Waals surface area contributed by atoms with E-state index in [4.69, 9.17) is 9.47 Å². The fraction of sp³-hybridized carbons (Fsp3) is 0.886. The van der Waals surface area contributed by atoms with Gasteiger partial charge in [-0.1, -0.05) is 60.1 Å². The molecule has 0 aromatic rings. The maximum Gasteiger partial charge on any atom is 0.315 e. The largest absolute Gasteiger partial charge is 0.432 e. The van der Waals surface area contributed by atoms with Crippen molar-refractivity contribution in [1.82, 2.24) is 0 Å². The minimum Gasteiger partial charge on any atom is -0.432 e. The zero-order chi connectivity index (χ0) is 30.7. The van der Waals surface area contributed by atoms with Crippen LogP contribution in [-0.4, -0.2) is 58.3 Å². The molecule has 0 bridgehead atoms. The Kier molecular flexibility index (Phi) is 7.03. The normalized spacial score (nSPS) is 51.2. The number of carbonyl (C=O) groups is 2. The monoisotopic (exact) mass is 586 g/mol. The Bertz CT molecular complexity index is 1170. The Balaban J connectivity index is 1.36. The number of rotatable bonds is 2. The van der Waals surface area contributed by atoms with E-state index in [1.54, 1.807) is 0 Å². The molecule has 1 heterocycles. The van der Waals surface area contributed by atoms with Crippen molar-refractivity contribution in [2.45, 2.75) is 137 Å². The first-order valence-electron chi connectivity index (χ1n) is 16.5. The topological polar surface area (TPSA) is 113 Å². The molecule has 1 unspecified atom stereocenters. The van der Waals surface area contributed by atoms with Gasteiger partial charge in [0.1, 0.15) is 24.1 Å². The Hall–Kier alpha value is -1.28. The molecule has 0 aromatic heterocycles. The quantitative estimate of drug-likeness (QED) is 0.296. The number of esters is 1. The van der Waals surface area contributed by atoms with Gasteiger partial charge in [-0.05, 0) is 97.2 Å². The number of carbonyl (C=O) groups excluding carboxylic acids is 2. The van der Waals surface area contributed by atoms with Crippen LogP contribution in [0.25, 0.3) is 0 Å². The van der Waals surface area contributed by atoms with E-state index in [1.807, 2.05) is 0 Å². The Labute approximate surface area is 251 Å². The molecule has 3 N–H and O–H groups in total. The summed E-state index contributed by atoms with van der Waals surface area (Å²) in [6, 6.07) is 0. The van der Waals surface area contributed by atoms with Crippen LogP contribution in [0.1, 0.15) is 113 Å². The van der Waals surface area contributed by atoms with E-state index in [-0.39, 0.29) is 45.6 Å². The first-order chi connectivity index (χ1) is 19.4. The van der Waals surface area contributed by atoms with Crippen molar-refractivity contribution >= 4 is 11.8 Å². The fourth-order valence-electron chi connectivity index (χ4n) is 11.5. The third-order valence-corrected chi connectivity index (χ3v) is 14.5.